The number of nitrogens with one attached hydrogen (secondary N) is 1. The van der Waals surface area contributed by atoms with Gasteiger partial charge in [-0.1, -0.05) is 18.2 Å². The van der Waals surface area contributed by atoms with Gasteiger partial charge in [0.25, 0.3) is 10.0 Å². The fourth-order valence-electron chi connectivity index (χ4n) is 3.10. The van der Waals surface area contributed by atoms with Gasteiger partial charge in [0.15, 0.2) is 0 Å². The van der Waals surface area contributed by atoms with Crippen LogP contribution in [0.1, 0.15) is 15.9 Å². The minimum atomic E-state index is -4.05. The minimum absolute atomic E-state index is 0.0401. The van der Waals surface area contributed by atoms with E-state index >= 15 is 0 Å². The van der Waals surface area contributed by atoms with Crippen LogP contribution in [0.2, 0.25) is 0 Å². The quantitative estimate of drug-likeness (QED) is 0.544. The molecule has 0 heterocycles. The highest BCUT2D eigenvalue weighted by Gasteiger charge is 2.27. The van der Waals surface area contributed by atoms with Crippen molar-refractivity contribution in [2.75, 3.05) is 23.3 Å². The van der Waals surface area contributed by atoms with Crippen LogP contribution < -0.4 is 20.1 Å². The van der Waals surface area contributed by atoms with Gasteiger partial charge in [0.05, 0.1) is 17.7 Å². The van der Waals surface area contributed by atoms with Crippen molar-refractivity contribution in [2.45, 2.75) is 11.8 Å². The van der Waals surface area contributed by atoms with Gasteiger partial charge in [0.2, 0.25) is 11.8 Å². The van der Waals surface area contributed by atoms with E-state index in [-0.39, 0.29) is 4.90 Å². The van der Waals surface area contributed by atoms with Gasteiger partial charge in [-0.3, -0.25) is 13.9 Å². The molecule has 0 bridgehead atoms. The Labute approximate surface area is 186 Å². The number of benzene rings is 3. The van der Waals surface area contributed by atoms with Crippen LogP contribution in [0.4, 0.5) is 11.4 Å². The third-order valence-corrected chi connectivity index (χ3v) is 6.51. The number of carbonyl (C=O) groups is 2. The van der Waals surface area contributed by atoms with Crippen molar-refractivity contribution in [3.05, 3.63) is 83.9 Å². The SMILES string of the molecule is COc1ccc(S(=O)(=O)N(CC(=O)Nc2ccc(C(N)=O)cc2)c2ccccc2)cc1C. The normalized spacial score (nSPS) is 10.9. The Hall–Kier alpha value is -3.85. The molecule has 0 spiro atoms. The third-order valence-electron chi connectivity index (χ3n) is 4.74. The smallest absolute Gasteiger partial charge is 0.264 e. The van der Waals surface area contributed by atoms with E-state index in [0.717, 1.165) is 4.31 Å². The van der Waals surface area contributed by atoms with Gasteiger partial charge in [-0.2, -0.15) is 0 Å². The van der Waals surface area contributed by atoms with Gasteiger partial charge in [0.1, 0.15) is 12.3 Å². The van der Waals surface area contributed by atoms with E-state index in [1.807, 2.05) is 0 Å². The fourth-order valence-corrected chi connectivity index (χ4v) is 4.60. The number of carbonyl (C=O) groups excluding carboxylic acids is 2. The molecule has 166 valence electrons. The first kappa shape index (κ1) is 22.8. The predicted molar refractivity (Wildman–Crippen MR) is 122 cm³/mol. The molecule has 0 atom stereocenters. The first-order valence-electron chi connectivity index (χ1n) is 9.64. The lowest BCUT2D eigenvalue weighted by Gasteiger charge is -2.24. The van der Waals surface area contributed by atoms with E-state index in [1.54, 1.807) is 43.3 Å². The van der Waals surface area contributed by atoms with Crippen LogP contribution in [0.5, 0.6) is 5.75 Å². The molecule has 0 aliphatic heterocycles. The summed E-state index contributed by atoms with van der Waals surface area (Å²) < 4.78 is 33.1. The number of primary amides is 1. The molecule has 0 aromatic heterocycles. The monoisotopic (exact) mass is 453 g/mol. The van der Waals surface area contributed by atoms with Gasteiger partial charge in [-0.15, -0.1) is 0 Å². The molecule has 3 N–H and O–H groups in total. The maximum atomic E-state index is 13.4. The number of para-hydroxylation sites is 1. The number of anilines is 2. The zero-order chi connectivity index (χ0) is 23.3. The van der Waals surface area contributed by atoms with E-state index in [2.05, 4.69) is 5.32 Å². The molecule has 0 saturated heterocycles. The van der Waals surface area contributed by atoms with Crippen molar-refractivity contribution in [2.24, 2.45) is 5.73 Å². The zero-order valence-electron chi connectivity index (χ0n) is 17.6. The highest BCUT2D eigenvalue weighted by molar-refractivity contribution is 7.92. The molecule has 2 amide bonds. The summed E-state index contributed by atoms with van der Waals surface area (Å²) in [5, 5.41) is 2.64. The number of ether oxygens (including phenoxy) is 1. The van der Waals surface area contributed by atoms with Gasteiger partial charge in [-0.25, -0.2) is 8.42 Å². The predicted octanol–water partition coefficient (Wildman–Crippen LogP) is 2.94. The Morgan fingerprint density at radius 2 is 1.66 bits per heavy atom. The lowest BCUT2D eigenvalue weighted by molar-refractivity contribution is -0.114. The molecule has 3 aromatic rings. The molecule has 0 saturated carbocycles. The number of sulfonamides is 1. The maximum absolute atomic E-state index is 13.4. The van der Waals surface area contributed by atoms with E-state index in [0.29, 0.717) is 28.3 Å². The molecular formula is C23H23N3O5S. The van der Waals surface area contributed by atoms with Crippen molar-refractivity contribution in [1.82, 2.24) is 0 Å². The average molecular weight is 454 g/mol. The summed E-state index contributed by atoms with van der Waals surface area (Å²) in [6, 6.07) is 18.9. The molecule has 3 rings (SSSR count). The molecular weight excluding hydrogens is 430 g/mol. The number of hydrogen-bond acceptors (Lipinski definition) is 5. The van der Waals surface area contributed by atoms with Gasteiger partial charge < -0.3 is 15.8 Å². The molecule has 32 heavy (non-hydrogen) atoms. The van der Waals surface area contributed by atoms with Crippen LogP contribution in [0.25, 0.3) is 0 Å². The summed E-state index contributed by atoms with van der Waals surface area (Å²) in [6.45, 7) is 1.29. The summed E-state index contributed by atoms with van der Waals surface area (Å²) in [4.78, 5) is 24.0. The molecule has 0 aliphatic carbocycles. The first-order valence-corrected chi connectivity index (χ1v) is 11.1. The highest BCUT2D eigenvalue weighted by Crippen LogP contribution is 2.27. The number of methoxy groups -OCH3 is 1. The molecule has 0 unspecified atom stereocenters. The van der Waals surface area contributed by atoms with Crippen molar-refractivity contribution in [3.8, 4) is 5.75 Å². The van der Waals surface area contributed by atoms with Crippen LogP contribution in [0.3, 0.4) is 0 Å². The summed E-state index contributed by atoms with van der Waals surface area (Å²) in [6.07, 6.45) is 0. The van der Waals surface area contributed by atoms with Crippen LogP contribution >= 0.6 is 0 Å². The highest BCUT2D eigenvalue weighted by atomic mass is 32.2. The van der Waals surface area contributed by atoms with E-state index in [9.17, 15) is 18.0 Å². The van der Waals surface area contributed by atoms with Crippen LogP contribution in [0, 0.1) is 6.92 Å². The van der Waals surface area contributed by atoms with Crippen molar-refractivity contribution < 1.29 is 22.7 Å². The molecule has 9 heteroatoms. The fraction of sp³-hybridized carbons (Fsp3) is 0.130. The zero-order valence-corrected chi connectivity index (χ0v) is 18.4. The Morgan fingerprint density at radius 3 is 2.22 bits per heavy atom. The summed E-state index contributed by atoms with van der Waals surface area (Å²) >= 11 is 0. The van der Waals surface area contributed by atoms with Crippen molar-refractivity contribution >= 4 is 33.2 Å². The van der Waals surface area contributed by atoms with Gasteiger partial charge in [0, 0.05) is 11.3 Å². The first-order chi connectivity index (χ1) is 15.2. The Bertz CT molecular complexity index is 1230. The van der Waals surface area contributed by atoms with Crippen LogP contribution in [-0.2, 0) is 14.8 Å². The second kappa shape index (κ2) is 9.52. The molecule has 8 nitrogen and oxygen atoms in total. The number of aryl methyl sites for hydroxylation is 1. The van der Waals surface area contributed by atoms with Gasteiger partial charge in [-0.05, 0) is 67.1 Å². The van der Waals surface area contributed by atoms with Crippen LogP contribution in [0.15, 0.2) is 77.7 Å². The number of nitrogens with zero attached hydrogens (tertiary/aromatic N) is 1. The third kappa shape index (κ3) is 5.06. The minimum Gasteiger partial charge on any atom is -0.496 e. The Balaban J connectivity index is 1.90. The number of hydrogen-bond donors (Lipinski definition) is 2. The van der Waals surface area contributed by atoms with E-state index in [4.69, 9.17) is 10.5 Å². The number of nitrogens with two attached hydrogens (primary N) is 1. The second-order valence-corrected chi connectivity index (χ2v) is 8.83. The number of rotatable bonds is 8. The summed E-state index contributed by atoms with van der Waals surface area (Å²) in [5.74, 6) is -0.569. The topological polar surface area (TPSA) is 119 Å². The average Bonchev–Trinajstić information content (AvgIpc) is 2.78. The van der Waals surface area contributed by atoms with Crippen LogP contribution in [-0.4, -0.2) is 33.9 Å². The molecule has 0 aliphatic rings. The lowest BCUT2D eigenvalue weighted by Crippen LogP contribution is -2.38. The van der Waals surface area contributed by atoms with Gasteiger partial charge >= 0.3 is 0 Å². The largest absolute Gasteiger partial charge is 0.496 e. The molecule has 3 aromatic carbocycles. The van der Waals surface area contributed by atoms with E-state index < -0.39 is 28.4 Å². The van der Waals surface area contributed by atoms with Crippen molar-refractivity contribution in [1.29, 1.82) is 0 Å². The Morgan fingerprint density at radius 1 is 1.00 bits per heavy atom. The number of amides is 2. The summed E-state index contributed by atoms with van der Waals surface area (Å²) in [5.41, 5.74) is 6.93. The lowest BCUT2D eigenvalue weighted by atomic mass is 10.2. The Kier molecular flexibility index (Phi) is 6.79. The molecule has 0 fully saturated rings. The second-order valence-electron chi connectivity index (χ2n) is 6.97. The summed E-state index contributed by atoms with van der Waals surface area (Å²) in [7, 11) is -2.54. The van der Waals surface area contributed by atoms with E-state index in [1.165, 1.54) is 43.5 Å². The standard InChI is InChI=1S/C23H23N3O5S/c1-16-14-20(12-13-21(16)31-2)32(29,30)26(19-6-4-3-5-7-19)15-22(27)25-18-10-8-17(9-11-18)23(24)28/h3-14H,15H2,1-2H3,(H2,24,28)(H,25,27). The maximum Gasteiger partial charge on any atom is 0.264 e. The van der Waals surface area contributed by atoms with Crippen molar-refractivity contribution in [3.63, 3.8) is 0 Å². The molecule has 0 radical (unpaired) electrons.